The van der Waals surface area contributed by atoms with Gasteiger partial charge in [-0.15, -0.1) is 0 Å². The zero-order valence-corrected chi connectivity index (χ0v) is 21.8. The Morgan fingerprint density at radius 1 is 0.947 bits per heavy atom. The van der Waals surface area contributed by atoms with Crippen LogP contribution in [0.1, 0.15) is 5.82 Å². The van der Waals surface area contributed by atoms with Crippen LogP contribution < -0.4 is 15.4 Å². The third-order valence-corrected chi connectivity index (χ3v) is 7.39. The molecule has 0 atom stereocenters. The minimum atomic E-state index is -3.69. The standard InChI is InChI=1S/C26H30N8O3S/c1-19-28-24(27-10-11-34-12-14-37-15-13-34)18-25(29-19)30-26-17-23(31-32-26)20-6-5-7-21(16-20)33-38(35,36)22-8-3-2-4-9-22/h2-9,16-18,33H,10-15H2,1H3,(H3,27,28,29,30,31,32). The van der Waals surface area contributed by atoms with Crippen molar-refractivity contribution in [2.24, 2.45) is 0 Å². The monoisotopic (exact) mass is 534 g/mol. The molecule has 1 saturated heterocycles. The molecule has 1 aliphatic heterocycles. The Kier molecular flexibility index (Phi) is 7.82. The molecule has 4 aromatic rings. The Balaban J connectivity index is 1.23. The predicted molar refractivity (Wildman–Crippen MR) is 147 cm³/mol. The third kappa shape index (κ3) is 6.65. The maximum absolute atomic E-state index is 12.7. The number of nitrogens with zero attached hydrogens (tertiary/aromatic N) is 4. The number of benzene rings is 2. The van der Waals surface area contributed by atoms with Gasteiger partial charge < -0.3 is 15.4 Å². The van der Waals surface area contributed by atoms with Gasteiger partial charge in [-0.25, -0.2) is 18.4 Å². The lowest BCUT2D eigenvalue weighted by molar-refractivity contribution is 0.0398. The van der Waals surface area contributed by atoms with Crippen LogP contribution in [0.4, 0.5) is 23.1 Å². The summed E-state index contributed by atoms with van der Waals surface area (Å²) in [4.78, 5) is 11.5. The second-order valence-electron chi connectivity index (χ2n) is 8.86. The number of hydrogen-bond donors (Lipinski definition) is 4. The van der Waals surface area contributed by atoms with Gasteiger partial charge in [-0.05, 0) is 31.2 Å². The van der Waals surface area contributed by atoms with Crippen molar-refractivity contribution in [3.63, 3.8) is 0 Å². The van der Waals surface area contributed by atoms with E-state index in [1.165, 1.54) is 0 Å². The molecule has 1 fully saturated rings. The maximum Gasteiger partial charge on any atom is 0.261 e. The highest BCUT2D eigenvalue weighted by Crippen LogP contribution is 2.26. The van der Waals surface area contributed by atoms with Crippen LogP contribution >= 0.6 is 0 Å². The smallest absolute Gasteiger partial charge is 0.261 e. The van der Waals surface area contributed by atoms with Gasteiger partial charge in [0.15, 0.2) is 5.82 Å². The molecule has 0 aliphatic carbocycles. The fourth-order valence-corrected chi connectivity index (χ4v) is 5.19. The van der Waals surface area contributed by atoms with E-state index in [1.54, 1.807) is 48.5 Å². The number of rotatable bonds is 10. The van der Waals surface area contributed by atoms with E-state index in [0.29, 0.717) is 23.1 Å². The van der Waals surface area contributed by atoms with Crippen LogP contribution in [0.25, 0.3) is 11.3 Å². The summed E-state index contributed by atoms with van der Waals surface area (Å²) in [7, 11) is -3.69. The number of ether oxygens (including phenoxy) is 1. The number of aryl methyl sites for hydroxylation is 1. The molecule has 38 heavy (non-hydrogen) atoms. The Labute approximate surface area is 221 Å². The number of aromatic nitrogens is 4. The van der Waals surface area contributed by atoms with Gasteiger partial charge >= 0.3 is 0 Å². The SMILES string of the molecule is Cc1nc(NCCN2CCOCC2)cc(Nc2cc(-c3cccc(NS(=O)(=O)c4ccccc4)c3)[nH]n2)n1. The lowest BCUT2D eigenvalue weighted by Gasteiger charge is -2.26. The molecule has 0 radical (unpaired) electrons. The Morgan fingerprint density at radius 2 is 1.74 bits per heavy atom. The second-order valence-corrected chi connectivity index (χ2v) is 10.5. The largest absolute Gasteiger partial charge is 0.379 e. The van der Waals surface area contributed by atoms with Gasteiger partial charge in [0.05, 0.1) is 23.8 Å². The lowest BCUT2D eigenvalue weighted by atomic mass is 10.1. The van der Waals surface area contributed by atoms with E-state index in [9.17, 15) is 8.42 Å². The maximum atomic E-state index is 12.7. The van der Waals surface area contributed by atoms with Crippen molar-refractivity contribution < 1.29 is 13.2 Å². The first-order chi connectivity index (χ1) is 18.4. The third-order valence-electron chi connectivity index (χ3n) is 5.99. The molecule has 0 saturated carbocycles. The molecule has 2 aromatic heterocycles. The van der Waals surface area contributed by atoms with Crippen LogP contribution in [0.3, 0.4) is 0 Å². The van der Waals surface area contributed by atoms with E-state index in [-0.39, 0.29) is 4.90 Å². The van der Waals surface area contributed by atoms with Crippen molar-refractivity contribution >= 4 is 33.2 Å². The Morgan fingerprint density at radius 3 is 2.55 bits per heavy atom. The van der Waals surface area contributed by atoms with Crippen LogP contribution in [-0.4, -0.2) is 72.9 Å². The van der Waals surface area contributed by atoms with Crippen LogP contribution in [0, 0.1) is 6.92 Å². The van der Waals surface area contributed by atoms with E-state index in [2.05, 4.69) is 40.4 Å². The summed E-state index contributed by atoms with van der Waals surface area (Å²) in [5.41, 5.74) is 1.96. The van der Waals surface area contributed by atoms with E-state index in [4.69, 9.17) is 4.74 Å². The summed E-state index contributed by atoms with van der Waals surface area (Å²) < 4.78 is 33.4. The number of H-pyrrole nitrogens is 1. The molecule has 11 nitrogen and oxygen atoms in total. The normalized spacial score (nSPS) is 14.2. The molecule has 2 aromatic carbocycles. The van der Waals surface area contributed by atoms with Gasteiger partial charge in [-0.1, -0.05) is 30.3 Å². The van der Waals surface area contributed by atoms with E-state index in [0.717, 1.165) is 56.5 Å². The van der Waals surface area contributed by atoms with Gasteiger partial charge in [0.25, 0.3) is 10.0 Å². The van der Waals surface area contributed by atoms with Gasteiger partial charge in [-0.3, -0.25) is 14.7 Å². The molecular weight excluding hydrogens is 504 g/mol. The number of sulfonamides is 1. The molecule has 3 heterocycles. The highest BCUT2D eigenvalue weighted by molar-refractivity contribution is 7.92. The van der Waals surface area contributed by atoms with Crippen molar-refractivity contribution in [1.29, 1.82) is 0 Å². The average molecular weight is 535 g/mol. The second kappa shape index (κ2) is 11.6. The molecule has 0 amide bonds. The highest BCUT2D eigenvalue weighted by Gasteiger charge is 2.15. The summed E-state index contributed by atoms with van der Waals surface area (Å²) in [6.07, 6.45) is 0. The van der Waals surface area contributed by atoms with Crippen molar-refractivity contribution in [3.05, 3.63) is 72.6 Å². The molecule has 5 rings (SSSR count). The van der Waals surface area contributed by atoms with E-state index >= 15 is 0 Å². The average Bonchev–Trinajstić information content (AvgIpc) is 3.38. The first-order valence-electron chi connectivity index (χ1n) is 12.3. The molecule has 12 heteroatoms. The van der Waals surface area contributed by atoms with Gasteiger partial charge in [-0.2, -0.15) is 5.10 Å². The van der Waals surface area contributed by atoms with E-state index in [1.807, 2.05) is 25.1 Å². The van der Waals surface area contributed by atoms with Gasteiger partial charge in [0, 0.05) is 49.6 Å². The molecule has 0 unspecified atom stereocenters. The molecular formula is C26H30N8O3S. The Bertz CT molecular complexity index is 1470. The van der Waals surface area contributed by atoms with Gasteiger partial charge in [0.1, 0.15) is 17.5 Å². The summed E-state index contributed by atoms with van der Waals surface area (Å²) in [5.74, 6) is 2.57. The number of nitrogens with one attached hydrogen (secondary N) is 4. The first kappa shape index (κ1) is 25.6. The predicted octanol–water partition coefficient (Wildman–Crippen LogP) is 3.46. The zero-order valence-electron chi connectivity index (χ0n) is 21.0. The van der Waals surface area contributed by atoms with Crippen LogP contribution in [0.5, 0.6) is 0 Å². The minimum Gasteiger partial charge on any atom is -0.379 e. The molecule has 198 valence electrons. The fraction of sp³-hybridized carbons (Fsp3) is 0.269. The fourth-order valence-electron chi connectivity index (χ4n) is 4.12. The molecule has 0 bridgehead atoms. The van der Waals surface area contributed by atoms with Crippen molar-refractivity contribution in [3.8, 4) is 11.3 Å². The van der Waals surface area contributed by atoms with Crippen LogP contribution in [0.15, 0.2) is 71.6 Å². The number of aromatic amines is 1. The molecule has 0 spiro atoms. The zero-order chi connectivity index (χ0) is 26.4. The summed E-state index contributed by atoms with van der Waals surface area (Å²) in [5, 5.41) is 13.9. The van der Waals surface area contributed by atoms with E-state index < -0.39 is 10.0 Å². The van der Waals surface area contributed by atoms with Gasteiger partial charge in [0.2, 0.25) is 0 Å². The summed E-state index contributed by atoms with van der Waals surface area (Å²) in [6, 6.07) is 19.1. The number of anilines is 4. The number of hydrogen-bond acceptors (Lipinski definition) is 9. The van der Waals surface area contributed by atoms with Crippen molar-refractivity contribution in [2.75, 3.05) is 54.7 Å². The number of morpholine rings is 1. The van der Waals surface area contributed by atoms with Crippen LogP contribution in [-0.2, 0) is 14.8 Å². The summed E-state index contributed by atoms with van der Waals surface area (Å²) >= 11 is 0. The summed E-state index contributed by atoms with van der Waals surface area (Å²) in [6.45, 7) is 6.97. The lowest BCUT2D eigenvalue weighted by Crippen LogP contribution is -2.39. The van der Waals surface area contributed by atoms with Crippen molar-refractivity contribution in [1.82, 2.24) is 25.1 Å². The molecule has 4 N–H and O–H groups in total. The topological polar surface area (TPSA) is 137 Å². The highest BCUT2D eigenvalue weighted by atomic mass is 32.2. The Hall–Kier alpha value is -4.00. The molecule has 1 aliphatic rings. The van der Waals surface area contributed by atoms with Crippen LogP contribution in [0.2, 0.25) is 0 Å². The quantitative estimate of drug-likeness (QED) is 0.241. The first-order valence-corrected chi connectivity index (χ1v) is 13.8. The van der Waals surface area contributed by atoms with Crippen molar-refractivity contribution in [2.45, 2.75) is 11.8 Å². The minimum absolute atomic E-state index is 0.202.